The molecule has 1 aliphatic heterocycles. The van der Waals surface area contributed by atoms with Crippen molar-refractivity contribution in [3.63, 3.8) is 0 Å². The van der Waals surface area contributed by atoms with E-state index in [0.717, 1.165) is 22.0 Å². The molecule has 0 fully saturated rings. The number of rotatable bonds is 4. The van der Waals surface area contributed by atoms with Gasteiger partial charge in [-0.1, -0.05) is 0 Å². The van der Waals surface area contributed by atoms with Crippen molar-refractivity contribution in [2.75, 3.05) is 13.7 Å². The Hall–Kier alpha value is -2.43. The number of carbonyl (C=O) groups excluding carboxylic acids is 1. The Labute approximate surface area is 116 Å². The van der Waals surface area contributed by atoms with Crippen LogP contribution in [0.4, 0.5) is 0 Å². The number of hydrogen-bond acceptors (Lipinski definition) is 4. The summed E-state index contributed by atoms with van der Waals surface area (Å²) in [6, 6.07) is 6.04. The SMILES string of the molecule is CCOC(=O)c1cc2c(C=NC)cc(C3C=N3)cc2[nH]1. The monoisotopic (exact) mass is 269 g/mol. The molecule has 1 N–H and O–H groups in total. The third-order valence-corrected chi connectivity index (χ3v) is 3.20. The normalized spacial score (nSPS) is 17.0. The van der Waals surface area contributed by atoms with Gasteiger partial charge < -0.3 is 9.72 Å². The minimum absolute atomic E-state index is 0.165. The van der Waals surface area contributed by atoms with E-state index in [-0.39, 0.29) is 12.0 Å². The predicted octanol–water partition coefficient (Wildman–Crippen LogP) is 2.52. The summed E-state index contributed by atoms with van der Waals surface area (Å²) in [5.41, 5.74) is 3.43. The van der Waals surface area contributed by atoms with Gasteiger partial charge >= 0.3 is 5.97 Å². The highest BCUT2D eigenvalue weighted by molar-refractivity contribution is 6.03. The van der Waals surface area contributed by atoms with Crippen LogP contribution in [0.25, 0.3) is 10.9 Å². The zero-order valence-electron chi connectivity index (χ0n) is 11.4. The van der Waals surface area contributed by atoms with E-state index in [0.29, 0.717) is 12.3 Å². The molecule has 0 aliphatic carbocycles. The highest BCUT2D eigenvalue weighted by Crippen LogP contribution is 2.30. The van der Waals surface area contributed by atoms with E-state index in [4.69, 9.17) is 4.74 Å². The van der Waals surface area contributed by atoms with Gasteiger partial charge in [-0.3, -0.25) is 9.98 Å². The van der Waals surface area contributed by atoms with Gasteiger partial charge in [-0.25, -0.2) is 4.79 Å². The molecule has 2 aromatic rings. The van der Waals surface area contributed by atoms with E-state index < -0.39 is 0 Å². The van der Waals surface area contributed by atoms with Crippen molar-refractivity contribution in [3.8, 4) is 0 Å². The summed E-state index contributed by atoms with van der Waals surface area (Å²) >= 11 is 0. The summed E-state index contributed by atoms with van der Waals surface area (Å²) in [6.45, 7) is 2.15. The number of nitrogens with zero attached hydrogens (tertiary/aromatic N) is 2. The van der Waals surface area contributed by atoms with E-state index in [1.165, 1.54) is 0 Å². The van der Waals surface area contributed by atoms with Crippen molar-refractivity contribution in [3.05, 3.63) is 35.0 Å². The molecule has 1 aromatic heterocycles. The van der Waals surface area contributed by atoms with Crippen LogP contribution in [0.15, 0.2) is 28.2 Å². The summed E-state index contributed by atoms with van der Waals surface area (Å²) in [7, 11) is 1.73. The number of ether oxygens (including phenoxy) is 1. The van der Waals surface area contributed by atoms with Crippen molar-refractivity contribution >= 4 is 29.3 Å². The lowest BCUT2D eigenvalue weighted by molar-refractivity contribution is 0.0520. The molecular formula is C15H15N3O2. The van der Waals surface area contributed by atoms with E-state index >= 15 is 0 Å². The molecule has 1 atom stereocenters. The highest BCUT2D eigenvalue weighted by Gasteiger charge is 2.19. The van der Waals surface area contributed by atoms with E-state index in [9.17, 15) is 4.79 Å². The molecule has 1 aliphatic rings. The molecule has 5 nitrogen and oxygen atoms in total. The lowest BCUT2D eigenvalue weighted by Crippen LogP contribution is -2.04. The number of hydrogen-bond donors (Lipinski definition) is 1. The number of aliphatic imine (C=N–C) groups is 2. The fourth-order valence-corrected chi connectivity index (χ4v) is 2.24. The Kier molecular flexibility index (Phi) is 3.10. The number of aromatic amines is 1. The summed E-state index contributed by atoms with van der Waals surface area (Å²) in [6.07, 6.45) is 3.68. The average Bonchev–Trinajstić information content (AvgIpc) is 3.18. The smallest absolute Gasteiger partial charge is 0.354 e. The molecule has 20 heavy (non-hydrogen) atoms. The van der Waals surface area contributed by atoms with Crippen molar-refractivity contribution < 1.29 is 9.53 Å². The lowest BCUT2D eigenvalue weighted by Gasteiger charge is -2.01. The minimum atomic E-state index is -0.340. The Morgan fingerprint density at radius 3 is 2.95 bits per heavy atom. The van der Waals surface area contributed by atoms with Crippen LogP contribution in [0.1, 0.15) is 34.6 Å². The zero-order chi connectivity index (χ0) is 14.1. The molecule has 0 bridgehead atoms. The minimum Gasteiger partial charge on any atom is -0.461 e. The first kappa shape index (κ1) is 12.6. The van der Waals surface area contributed by atoms with Crippen LogP contribution in [0.2, 0.25) is 0 Å². The van der Waals surface area contributed by atoms with E-state index in [1.807, 2.05) is 18.3 Å². The molecule has 0 saturated carbocycles. The maximum absolute atomic E-state index is 11.8. The van der Waals surface area contributed by atoms with Gasteiger partial charge in [0.15, 0.2) is 0 Å². The molecule has 0 radical (unpaired) electrons. The second-order valence-corrected chi connectivity index (χ2v) is 4.61. The van der Waals surface area contributed by atoms with Crippen LogP contribution < -0.4 is 0 Å². The quantitative estimate of drug-likeness (QED) is 0.684. The van der Waals surface area contributed by atoms with Gasteiger partial charge in [0.05, 0.1) is 6.61 Å². The van der Waals surface area contributed by atoms with Crippen LogP contribution in [0.3, 0.4) is 0 Å². The Bertz CT molecular complexity index is 722. The number of esters is 1. The first-order valence-electron chi connectivity index (χ1n) is 6.52. The number of nitrogens with one attached hydrogen (secondary N) is 1. The average molecular weight is 269 g/mol. The van der Waals surface area contributed by atoms with E-state index in [1.54, 1.807) is 20.2 Å². The molecule has 0 amide bonds. The number of H-pyrrole nitrogens is 1. The molecule has 2 heterocycles. The topological polar surface area (TPSA) is 66.8 Å². The number of benzene rings is 1. The molecule has 1 aromatic carbocycles. The second kappa shape index (κ2) is 4.92. The Morgan fingerprint density at radius 1 is 1.50 bits per heavy atom. The number of carbonyl (C=O) groups is 1. The van der Waals surface area contributed by atoms with Crippen LogP contribution in [0.5, 0.6) is 0 Å². The summed E-state index contributed by atoms with van der Waals surface area (Å²) < 4.78 is 5.02. The van der Waals surface area contributed by atoms with Gasteiger partial charge in [-0.15, -0.1) is 0 Å². The van der Waals surface area contributed by atoms with Gasteiger partial charge in [0.25, 0.3) is 0 Å². The first-order chi connectivity index (χ1) is 9.72. The van der Waals surface area contributed by atoms with Crippen LogP contribution >= 0.6 is 0 Å². The predicted molar refractivity (Wildman–Crippen MR) is 79.0 cm³/mol. The van der Waals surface area contributed by atoms with Gasteiger partial charge in [-0.2, -0.15) is 0 Å². The fourth-order valence-electron chi connectivity index (χ4n) is 2.24. The molecule has 102 valence electrons. The van der Waals surface area contributed by atoms with Crippen LogP contribution in [-0.4, -0.2) is 37.0 Å². The van der Waals surface area contributed by atoms with Crippen LogP contribution in [-0.2, 0) is 4.74 Å². The van der Waals surface area contributed by atoms with E-state index in [2.05, 4.69) is 21.0 Å². The van der Waals surface area contributed by atoms with Gasteiger partial charge in [0.2, 0.25) is 0 Å². The van der Waals surface area contributed by atoms with Crippen molar-refractivity contribution in [1.29, 1.82) is 0 Å². The molecule has 1 unspecified atom stereocenters. The first-order valence-corrected chi connectivity index (χ1v) is 6.52. The summed E-state index contributed by atoms with van der Waals surface area (Å²) in [4.78, 5) is 23.2. The maximum Gasteiger partial charge on any atom is 0.354 e. The van der Waals surface area contributed by atoms with Crippen molar-refractivity contribution in [2.45, 2.75) is 13.0 Å². The summed E-state index contributed by atoms with van der Waals surface area (Å²) in [5.74, 6) is -0.340. The molecule has 5 heteroatoms. The van der Waals surface area contributed by atoms with Crippen molar-refractivity contribution in [2.24, 2.45) is 9.98 Å². The third-order valence-electron chi connectivity index (χ3n) is 3.20. The largest absolute Gasteiger partial charge is 0.461 e. The third kappa shape index (κ3) is 2.22. The highest BCUT2D eigenvalue weighted by atomic mass is 16.5. The van der Waals surface area contributed by atoms with Gasteiger partial charge in [0, 0.05) is 35.9 Å². The maximum atomic E-state index is 11.8. The van der Waals surface area contributed by atoms with Crippen molar-refractivity contribution in [1.82, 2.24) is 4.98 Å². The van der Waals surface area contributed by atoms with Gasteiger partial charge in [-0.05, 0) is 30.7 Å². The lowest BCUT2D eigenvalue weighted by atomic mass is 10.0. The summed E-state index contributed by atoms with van der Waals surface area (Å²) in [5, 5.41) is 0.961. The Morgan fingerprint density at radius 2 is 2.30 bits per heavy atom. The van der Waals surface area contributed by atoms with Gasteiger partial charge in [0.1, 0.15) is 11.7 Å². The molecule has 0 saturated heterocycles. The second-order valence-electron chi connectivity index (χ2n) is 4.61. The van der Waals surface area contributed by atoms with Crippen LogP contribution in [0, 0.1) is 0 Å². The molecule has 3 rings (SSSR count). The zero-order valence-corrected chi connectivity index (χ0v) is 11.4. The number of fused-ring (bicyclic) bond motifs is 1. The Balaban J connectivity index is 2.10. The fraction of sp³-hybridized carbons (Fsp3) is 0.267. The molecule has 0 spiro atoms. The number of aromatic nitrogens is 1. The molecular weight excluding hydrogens is 254 g/mol. The standard InChI is InChI=1S/C15H15N3O2/c1-3-20-15(19)13-6-11-10(7-16-2)4-9(14-8-17-14)5-12(11)18-13/h4-8,14,18H,3H2,1-2H3.